The lowest BCUT2D eigenvalue weighted by Gasteiger charge is -2.30. The molecule has 1 heterocycles. The smallest absolute Gasteiger partial charge is 0.256 e. The molecule has 0 spiro atoms. The summed E-state index contributed by atoms with van der Waals surface area (Å²) in [6, 6.07) is 9.44. The van der Waals surface area contributed by atoms with Gasteiger partial charge < -0.3 is 14.7 Å². The summed E-state index contributed by atoms with van der Waals surface area (Å²) in [4.78, 5) is 14.5. The summed E-state index contributed by atoms with van der Waals surface area (Å²) in [6.07, 6.45) is 2.04. The SMILES string of the molecule is CC1COC(C2CCC(O)C2)N1C(=O)c1ccccc1. The molecule has 1 aromatic rings. The Hall–Kier alpha value is -1.39. The van der Waals surface area contributed by atoms with Gasteiger partial charge in [0.05, 0.1) is 18.8 Å². The van der Waals surface area contributed by atoms with E-state index in [4.69, 9.17) is 4.74 Å². The Morgan fingerprint density at radius 2 is 2.05 bits per heavy atom. The average Bonchev–Trinajstić information content (AvgIpc) is 3.05. The molecule has 108 valence electrons. The Kier molecular flexibility index (Phi) is 3.76. The summed E-state index contributed by atoms with van der Waals surface area (Å²) < 4.78 is 5.85. The Labute approximate surface area is 119 Å². The lowest BCUT2D eigenvalue weighted by atomic mass is 10.0. The summed E-state index contributed by atoms with van der Waals surface area (Å²) in [5.74, 6) is 0.282. The van der Waals surface area contributed by atoms with Crippen molar-refractivity contribution in [1.82, 2.24) is 4.90 Å². The number of carbonyl (C=O) groups is 1. The third-order valence-corrected chi connectivity index (χ3v) is 4.36. The van der Waals surface area contributed by atoms with E-state index >= 15 is 0 Å². The van der Waals surface area contributed by atoms with E-state index in [2.05, 4.69) is 0 Å². The summed E-state index contributed by atoms with van der Waals surface area (Å²) in [6.45, 7) is 2.60. The molecule has 2 aliphatic rings. The quantitative estimate of drug-likeness (QED) is 0.898. The highest BCUT2D eigenvalue weighted by atomic mass is 16.5. The summed E-state index contributed by atoms with van der Waals surface area (Å²) >= 11 is 0. The van der Waals surface area contributed by atoms with E-state index in [1.54, 1.807) is 0 Å². The average molecular weight is 275 g/mol. The molecule has 0 aromatic heterocycles. The second-order valence-electron chi connectivity index (χ2n) is 5.88. The first-order valence-electron chi connectivity index (χ1n) is 7.34. The number of rotatable bonds is 2. The van der Waals surface area contributed by atoms with Crippen molar-refractivity contribution >= 4 is 5.91 Å². The molecule has 1 N–H and O–H groups in total. The van der Waals surface area contributed by atoms with E-state index in [0.717, 1.165) is 19.3 Å². The van der Waals surface area contributed by atoms with Crippen molar-refractivity contribution < 1.29 is 14.6 Å². The van der Waals surface area contributed by atoms with Crippen LogP contribution in [0.3, 0.4) is 0 Å². The highest BCUT2D eigenvalue weighted by molar-refractivity contribution is 5.94. The summed E-state index contributed by atoms with van der Waals surface area (Å²) in [5.41, 5.74) is 0.702. The molecule has 1 saturated heterocycles. The number of nitrogens with zero attached hydrogens (tertiary/aromatic N) is 1. The van der Waals surface area contributed by atoms with Gasteiger partial charge in [-0.3, -0.25) is 4.79 Å². The van der Waals surface area contributed by atoms with E-state index in [9.17, 15) is 9.90 Å². The van der Waals surface area contributed by atoms with Gasteiger partial charge in [-0.25, -0.2) is 0 Å². The van der Waals surface area contributed by atoms with Crippen LogP contribution in [0.15, 0.2) is 30.3 Å². The van der Waals surface area contributed by atoms with Crippen LogP contribution in [0, 0.1) is 5.92 Å². The molecule has 0 radical (unpaired) electrons. The third kappa shape index (κ3) is 2.45. The van der Waals surface area contributed by atoms with Gasteiger partial charge in [0.1, 0.15) is 6.23 Å². The summed E-state index contributed by atoms with van der Waals surface area (Å²) in [5, 5.41) is 9.71. The first-order valence-corrected chi connectivity index (χ1v) is 7.34. The zero-order valence-corrected chi connectivity index (χ0v) is 11.7. The number of hydrogen-bond donors (Lipinski definition) is 1. The lowest BCUT2D eigenvalue weighted by molar-refractivity contribution is -0.0105. The van der Waals surface area contributed by atoms with E-state index < -0.39 is 0 Å². The number of ether oxygens (including phenoxy) is 1. The van der Waals surface area contributed by atoms with Gasteiger partial charge in [-0.2, -0.15) is 0 Å². The van der Waals surface area contributed by atoms with Gasteiger partial charge >= 0.3 is 0 Å². The van der Waals surface area contributed by atoms with E-state index in [-0.39, 0.29) is 30.2 Å². The first kappa shape index (κ1) is 13.6. The van der Waals surface area contributed by atoms with Crippen LogP contribution in [0.25, 0.3) is 0 Å². The minimum absolute atomic E-state index is 0.0296. The molecule has 1 aromatic carbocycles. The van der Waals surface area contributed by atoms with Crippen molar-refractivity contribution in [2.45, 2.75) is 44.6 Å². The zero-order valence-electron chi connectivity index (χ0n) is 11.7. The molecule has 4 heteroatoms. The van der Waals surface area contributed by atoms with Crippen LogP contribution < -0.4 is 0 Å². The second-order valence-corrected chi connectivity index (χ2v) is 5.88. The number of hydrogen-bond acceptors (Lipinski definition) is 3. The van der Waals surface area contributed by atoms with Crippen LogP contribution in [0.1, 0.15) is 36.5 Å². The molecule has 4 unspecified atom stereocenters. The van der Waals surface area contributed by atoms with E-state index in [1.165, 1.54) is 0 Å². The van der Waals surface area contributed by atoms with E-state index in [1.807, 2.05) is 42.2 Å². The van der Waals surface area contributed by atoms with Crippen molar-refractivity contribution in [3.05, 3.63) is 35.9 Å². The van der Waals surface area contributed by atoms with Gasteiger partial charge in [0, 0.05) is 11.5 Å². The first-order chi connectivity index (χ1) is 9.66. The highest BCUT2D eigenvalue weighted by Gasteiger charge is 2.42. The van der Waals surface area contributed by atoms with Crippen molar-refractivity contribution in [3.8, 4) is 0 Å². The minimum atomic E-state index is -0.242. The molecular weight excluding hydrogens is 254 g/mol. The van der Waals surface area contributed by atoms with Crippen LogP contribution >= 0.6 is 0 Å². The Balaban J connectivity index is 1.80. The Morgan fingerprint density at radius 3 is 2.70 bits per heavy atom. The lowest BCUT2D eigenvalue weighted by Crippen LogP contribution is -2.44. The van der Waals surface area contributed by atoms with Crippen LogP contribution in [0.5, 0.6) is 0 Å². The van der Waals surface area contributed by atoms with Crippen molar-refractivity contribution in [2.24, 2.45) is 5.92 Å². The molecule has 2 fully saturated rings. The molecule has 1 aliphatic carbocycles. The van der Waals surface area contributed by atoms with Gasteiger partial charge in [-0.05, 0) is 38.3 Å². The van der Waals surface area contributed by atoms with Crippen LogP contribution in [0.4, 0.5) is 0 Å². The van der Waals surface area contributed by atoms with Gasteiger partial charge in [0.2, 0.25) is 0 Å². The maximum atomic E-state index is 12.7. The molecule has 1 aliphatic heterocycles. The molecule has 1 amide bonds. The zero-order chi connectivity index (χ0) is 14.1. The fourth-order valence-electron chi connectivity index (χ4n) is 3.31. The maximum absolute atomic E-state index is 12.7. The van der Waals surface area contributed by atoms with Crippen LogP contribution in [-0.4, -0.2) is 40.9 Å². The van der Waals surface area contributed by atoms with Crippen molar-refractivity contribution in [1.29, 1.82) is 0 Å². The van der Waals surface area contributed by atoms with Gasteiger partial charge in [-0.15, -0.1) is 0 Å². The number of aliphatic hydroxyl groups excluding tert-OH is 1. The Morgan fingerprint density at radius 1 is 1.30 bits per heavy atom. The second kappa shape index (κ2) is 5.54. The summed E-state index contributed by atoms with van der Waals surface area (Å²) in [7, 11) is 0. The molecule has 3 rings (SSSR count). The molecule has 0 bridgehead atoms. The Bertz CT molecular complexity index is 476. The van der Waals surface area contributed by atoms with Crippen LogP contribution in [-0.2, 0) is 4.74 Å². The maximum Gasteiger partial charge on any atom is 0.256 e. The number of aliphatic hydroxyl groups is 1. The van der Waals surface area contributed by atoms with Crippen LogP contribution in [0.2, 0.25) is 0 Å². The monoisotopic (exact) mass is 275 g/mol. The molecule has 1 saturated carbocycles. The molecule has 4 nitrogen and oxygen atoms in total. The predicted octanol–water partition coefficient (Wildman–Crippen LogP) is 2.03. The standard InChI is InChI=1S/C16H21NO3/c1-11-10-20-16(13-7-8-14(18)9-13)17(11)15(19)12-5-3-2-4-6-12/h2-6,11,13-14,16,18H,7-10H2,1H3. The number of amides is 1. The number of carbonyl (C=O) groups excluding carboxylic acids is 1. The van der Waals surface area contributed by atoms with Crippen molar-refractivity contribution in [3.63, 3.8) is 0 Å². The highest BCUT2D eigenvalue weighted by Crippen LogP contribution is 2.35. The topological polar surface area (TPSA) is 49.8 Å². The predicted molar refractivity (Wildman–Crippen MR) is 75.2 cm³/mol. The van der Waals surface area contributed by atoms with E-state index in [0.29, 0.717) is 12.2 Å². The molecule has 4 atom stereocenters. The fourth-order valence-corrected chi connectivity index (χ4v) is 3.31. The molecule has 20 heavy (non-hydrogen) atoms. The van der Waals surface area contributed by atoms with Gasteiger partial charge in [-0.1, -0.05) is 18.2 Å². The number of benzene rings is 1. The van der Waals surface area contributed by atoms with Gasteiger partial charge in [0.25, 0.3) is 5.91 Å². The minimum Gasteiger partial charge on any atom is -0.393 e. The molecular formula is C16H21NO3. The fraction of sp³-hybridized carbons (Fsp3) is 0.562. The normalized spacial score (nSPS) is 33.6. The largest absolute Gasteiger partial charge is 0.393 e. The third-order valence-electron chi connectivity index (χ3n) is 4.36. The van der Waals surface area contributed by atoms with Crippen molar-refractivity contribution in [2.75, 3.05) is 6.61 Å². The van der Waals surface area contributed by atoms with Gasteiger partial charge in [0.15, 0.2) is 0 Å².